The first-order chi connectivity index (χ1) is 18.8. The molecule has 0 saturated carbocycles. The predicted molar refractivity (Wildman–Crippen MR) is 155 cm³/mol. The van der Waals surface area contributed by atoms with Crippen molar-refractivity contribution in [3.8, 4) is 46.2 Å². The van der Waals surface area contributed by atoms with Gasteiger partial charge in [0.15, 0.2) is 0 Å². The van der Waals surface area contributed by atoms with Crippen LogP contribution in [0, 0.1) is 23.7 Å². The molecule has 0 unspecified atom stereocenters. The van der Waals surface area contributed by atoms with Crippen molar-refractivity contribution in [3.63, 3.8) is 0 Å². The lowest BCUT2D eigenvalue weighted by molar-refractivity contribution is 1.29. The average molecular weight is 483 g/mol. The van der Waals surface area contributed by atoms with E-state index in [2.05, 4.69) is 47.9 Å². The van der Waals surface area contributed by atoms with E-state index in [9.17, 15) is 0 Å². The third-order valence-corrected chi connectivity index (χ3v) is 6.14. The fraction of sp³-hybridized carbons (Fsp3) is 0. The monoisotopic (exact) mass is 482 g/mol. The Labute approximate surface area is 222 Å². The summed E-state index contributed by atoms with van der Waals surface area (Å²) in [5, 5.41) is 0. The van der Waals surface area contributed by atoms with Gasteiger partial charge in [-0.3, -0.25) is 0 Å². The third kappa shape index (κ3) is 5.21. The van der Waals surface area contributed by atoms with Crippen LogP contribution in [0.4, 0.5) is 0 Å². The van der Waals surface area contributed by atoms with Gasteiger partial charge in [0.2, 0.25) is 0 Å². The highest BCUT2D eigenvalue weighted by atomic mass is 14.8. The lowest BCUT2D eigenvalue weighted by Crippen LogP contribution is -1.95. The summed E-state index contributed by atoms with van der Waals surface area (Å²) in [6.45, 7) is 0. The molecule has 2 heteroatoms. The first-order valence-corrected chi connectivity index (χ1v) is 12.4. The molecule has 6 aromatic rings. The summed E-state index contributed by atoms with van der Waals surface area (Å²) in [4.78, 5) is 10.0. The second kappa shape index (κ2) is 10.7. The van der Waals surface area contributed by atoms with E-state index in [1.54, 1.807) is 0 Å². The summed E-state index contributed by atoms with van der Waals surface area (Å²) in [6, 6.07) is 44.4. The van der Waals surface area contributed by atoms with E-state index < -0.39 is 0 Å². The van der Waals surface area contributed by atoms with Crippen molar-refractivity contribution in [2.24, 2.45) is 0 Å². The molecule has 38 heavy (non-hydrogen) atoms. The van der Waals surface area contributed by atoms with Crippen LogP contribution in [0.2, 0.25) is 0 Å². The van der Waals surface area contributed by atoms with Crippen molar-refractivity contribution in [3.05, 3.63) is 156 Å². The lowest BCUT2D eigenvalue weighted by Gasteiger charge is -2.11. The molecule has 0 N–H and O–H groups in total. The van der Waals surface area contributed by atoms with Gasteiger partial charge in [-0.05, 0) is 60.7 Å². The Kier molecular flexibility index (Phi) is 6.45. The predicted octanol–water partition coefficient (Wildman–Crippen LogP) is 7.76. The Bertz CT molecular complexity index is 1690. The largest absolute Gasteiger partial charge is 0.244 e. The van der Waals surface area contributed by atoms with Crippen LogP contribution >= 0.6 is 0 Å². The molecule has 176 valence electrons. The first-order valence-electron chi connectivity index (χ1n) is 12.4. The molecule has 1 aromatic heterocycles. The minimum atomic E-state index is 0.842. The van der Waals surface area contributed by atoms with Gasteiger partial charge in [0.25, 0.3) is 0 Å². The number of benzene rings is 5. The number of hydrogen-bond acceptors (Lipinski definition) is 2. The minimum Gasteiger partial charge on any atom is -0.244 e. The summed E-state index contributed by atoms with van der Waals surface area (Å²) >= 11 is 0. The van der Waals surface area contributed by atoms with Crippen molar-refractivity contribution in [2.75, 3.05) is 0 Å². The van der Waals surface area contributed by atoms with Crippen molar-refractivity contribution in [1.29, 1.82) is 0 Å². The molecule has 0 bridgehead atoms. The molecule has 2 nitrogen and oxygen atoms in total. The number of para-hydroxylation sites is 2. The van der Waals surface area contributed by atoms with Gasteiger partial charge in [0.05, 0.1) is 22.4 Å². The fourth-order valence-electron chi connectivity index (χ4n) is 4.16. The molecular weight excluding hydrogens is 460 g/mol. The Balaban J connectivity index is 1.36. The van der Waals surface area contributed by atoms with Crippen molar-refractivity contribution in [1.82, 2.24) is 9.97 Å². The smallest absolute Gasteiger partial charge is 0.0973 e. The van der Waals surface area contributed by atoms with E-state index in [1.165, 1.54) is 0 Å². The van der Waals surface area contributed by atoms with Crippen LogP contribution in [0.3, 0.4) is 0 Å². The Morgan fingerprint density at radius 1 is 0.316 bits per heavy atom. The van der Waals surface area contributed by atoms with E-state index in [0.29, 0.717) is 0 Å². The Hall–Kier alpha value is -5.44. The quantitative estimate of drug-likeness (QED) is 0.236. The molecule has 0 amide bonds. The molecule has 0 radical (unpaired) electrons. The zero-order valence-corrected chi connectivity index (χ0v) is 20.6. The highest BCUT2D eigenvalue weighted by Crippen LogP contribution is 2.31. The molecule has 6 rings (SSSR count). The molecule has 5 aromatic carbocycles. The van der Waals surface area contributed by atoms with E-state index >= 15 is 0 Å². The van der Waals surface area contributed by atoms with Crippen molar-refractivity contribution >= 4 is 11.0 Å². The summed E-state index contributed by atoms with van der Waals surface area (Å²) in [7, 11) is 0. The standard InChI is InChI=1S/C36H22N2/c1-3-9-27(10-4-1)15-17-29-19-23-31(24-20-29)35-36(38-34-14-8-7-13-33(34)37-35)32-25-21-30(22-26-32)18-16-28-11-5-2-6-12-28/h1-14,19-26H. The van der Waals surface area contributed by atoms with Gasteiger partial charge >= 0.3 is 0 Å². The van der Waals surface area contributed by atoms with E-state index in [0.717, 1.165) is 55.8 Å². The number of aromatic nitrogens is 2. The van der Waals surface area contributed by atoms with Crippen LogP contribution in [0.15, 0.2) is 133 Å². The van der Waals surface area contributed by atoms with E-state index in [-0.39, 0.29) is 0 Å². The van der Waals surface area contributed by atoms with Gasteiger partial charge in [-0.1, -0.05) is 96.5 Å². The molecule has 0 aliphatic heterocycles. The number of hydrogen-bond donors (Lipinski definition) is 0. The van der Waals surface area contributed by atoms with Gasteiger partial charge < -0.3 is 0 Å². The lowest BCUT2D eigenvalue weighted by atomic mass is 10.0. The van der Waals surface area contributed by atoms with Crippen LogP contribution < -0.4 is 0 Å². The zero-order valence-electron chi connectivity index (χ0n) is 20.6. The number of fused-ring (bicyclic) bond motifs is 1. The molecule has 0 atom stereocenters. The van der Waals surface area contributed by atoms with Crippen LogP contribution in [-0.2, 0) is 0 Å². The minimum absolute atomic E-state index is 0.842. The third-order valence-electron chi connectivity index (χ3n) is 6.14. The Morgan fingerprint density at radius 3 is 1.00 bits per heavy atom. The molecular formula is C36H22N2. The summed E-state index contributed by atoms with van der Waals surface area (Å²) in [5.41, 5.74) is 9.31. The second-order valence-electron chi connectivity index (χ2n) is 8.80. The van der Waals surface area contributed by atoms with Crippen LogP contribution in [0.5, 0.6) is 0 Å². The van der Waals surface area contributed by atoms with Crippen LogP contribution in [-0.4, -0.2) is 9.97 Å². The average Bonchev–Trinajstić information content (AvgIpc) is 3.00. The van der Waals surface area contributed by atoms with E-state index in [4.69, 9.17) is 9.97 Å². The van der Waals surface area contributed by atoms with Gasteiger partial charge in [-0.25, -0.2) is 9.97 Å². The molecule has 0 aliphatic rings. The van der Waals surface area contributed by atoms with Gasteiger partial charge in [-0.15, -0.1) is 0 Å². The SMILES string of the molecule is C(#Cc1ccc(-c2nc3ccccc3nc2-c2ccc(C#Cc3ccccc3)cc2)cc1)c1ccccc1. The maximum Gasteiger partial charge on any atom is 0.0973 e. The molecule has 1 heterocycles. The Morgan fingerprint density at radius 2 is 0.632 bits per heavy atom. The molecule has 0 aliphatic carbocycles. The van der Waals surface area contributed by atoms with Gasteiger partial charge in [0, 0.05) is 33.4 Å². The van der Waals surface area contributed by atoms with Gasteiger partial charge in [0.1, 0.15) is 0 Å². The van der Waals surface area contributed by atoms with Crippen LogP contribution in [0.25, 0.3) is 33.5 Å². The maximum atomic E-state index is 5.02. The molecule has 0 spiro atoms. The summed E-state index contributed by atoms with van der Waals surface area (Å²) < 4.78 is 0. The number of nitrogens with zero attached hydrogens (tertiary/aromatic N) is 2. The van der Waals surface area contributed by atoms with Crippen molar-refractivity contribution in [2.45, 2.75) is 0 Å². The topological polar surface area (TPSA) is 25.8 Å². The summed E-state index contributed by atoms with van der Waals surface area (Å²) in [6.07, 6.45) is 0. The molecule has 0 fully saturated rings. The zero-order chi connectivity index (χ0) is 25.6. The normalized spacial score (nSPS) is 10.2. The summed E-state index contributed by atoms with van der Waals surface area (Å²) in [5.74, 6) is 12.9. The maximum absolute atomic E-state index is 5.02. The van der Waals surface area contributed by atoms with Crippen molar-refractivity contribution < 1.29 is 0 Å². The van der Waals surface area contributed by atoms with Crippen LogP contribution in [0.1, 0.15) is 22.3 Å². The highest BCUT2D eigenvalue weighted by molar-refractivity contribution is 5.86. The van der Waals surface area contributed by atoms with E-state index in [1.807, 2.05) is 109 Å². The van der Waals surface area contributed by atoms with Gasteiger partial charge in [-0.2, -0.15) is 0 Å². The number of rotatable bonds is 2. The second-order valence-corrected chi connectivity index (χ2v) is 8.80. The highest BCUT2D eigenvalue weighted by Gasteiger charge is 2.13. The first kappa shape index (κ1) is 23.0. The molecule has 0 saturated heterocycles. The fourth-order valence-corrected chi connectivity index (χ4v) is 4.16.